The Balaban J connectivity index is 1.86. The fourth-order valence-corrected chi connectivity index (χ4v) is 2.13. The normalized spacial score (nSPS) is 10.4. The summed E-state index contributed by atoms with van der Waals surface area (Å²) in [4.78, 5) is 12.0. The predicted octanol–water partition coefficient (Wildman–Crippen LogP) is 4.23. The monoisotopic (exact) mass is 313 g/mol. The Kier molecular flexibility index (Phi) is 6.03. The van der Waals surface area contributed by atoms with E-state index in [1.54, 1.807) is 6.07 Å². The summed E-state index contributed by atoms with van der Waals surface area (Å²) in [6, 6.07) is 15.1. The van der Waals surface area contributed by atoms with Gasteiger partial charge in [0.1, 0.15) is 11.5 Å². The molecule has 2 aromatic carbocycles. The zero-order valence-electron chi connectivity index (χ0n) is 13.8. The number of carbonyl (C=O) groups excluding carboxylic acids is 1. The quantitative estimate of drug-likeness (QED) is 0.832. The molecule has 0 bridgehead atoms. The second kappa shape index (κ2) is 8.22. The van der Waals surface area contributed by atoms with Crippen molar-refractivity contribution in [2.45, 2.75) is 26.7 Å². The van der Waals surface area contributed by atoms with E-state index in [1.165, 1.54) is 5.56 Å². The largest absolute Gasteiger partial charge is 0.494 e. The summed E-state index contributed by atoms with van der Waals surface area (Å²) in [5, 5.41) is 2.80. The molecular weight excluding hydrogens is 290 g/mol. The first-order valence-electron chi connectivity index (χ1n) is 7.84. The van der Waals surface area contributed by atoms with Crippen molar-refractivity contribution in [2.24, 2.45) is 0 Å². The van der Waals surface area contributed by atoms with Crippen LogP contribution in [0, 0.1) is 0 Å². The molecule has 0 atom stereocenters. The van der Waals surface area contributed by atoms with Crippen molar-refractivity contribution in [1.82, 2.24) is 0 Å². The lowest BCUT2D eigenvalue weighted by atomic mass is 10.0. The Morgan fingerprint density at radius 2 is 1.78 bits per heavy atom. The first-order chi connectivity index (χ1) is 11.1. The van der Waals surface area contributed by atoms with E-state index in [2.05, 4.69) is 19.2 Å². The summed E-state index contributed by atoms with van der Waals surface area (Å²) in [5.74, 6) is 1.69. The number of rotatable bonds is 7. The van der Waals surface area contributed by atoms with Crippen LogP contribution in [-0.2, 0) is 4.79 Å². The van der Waals surface area contributed by atoms with Gasteiger partial charge in [0.15, 0.2) is 6.61 Å². The number of hydrogen-bond acceptors (Lipinski definition) is 3. The molecule has 2 aromatic rings. The highest BCUT2D eigenvalue weighted by Crippen LogP contribution is 2.19. The molecule has 0 aliphatic carbocycles. The van der Waals surface area contributed by atoms with Crippen LogP contribution >= 0.6 is 0 Å². The Morgan fingerprint density at radius 3 is 2.43 bits per heavy atom. The highest BCUT2D eigenvalue weighted by Gasteiger charge is 2.05. The van der Waals surface area contributed by atoms with E-state index < -0.39 is 0 Å². The third-order valence-electron chi connectivity index (χ3n) is 3.35. The molecule has 4 heteroatoms. The summed E-state index contributed by atoms with van der Waals surface area (Å²) < 4.78 is 10.9. The maximum absolute atomic E-state index is 12.0. The van der Waals surface area contributed by atoms with E-state index in [1.807, 2.05) is 49.4 Å². The molecule has 0 radical (unpaired) electrons. The smallest absolute Gasteiger partial charge is 0.262 e. The highest BCUT2D eigenvalue weighted by atomic mass is 16.5. The number of ether oxygens (including phenoxy) is 2. The lowest BCUT2D eigenvalue weighted by molar-refractivity contribution is -0.118. The average molecular weight is 313 g/mol. The van der Waals surface area contributed by atoms with Gasteiger partial charge in [-0.25, -0.2) is 0 Å². The van der Waals surface area contributed by atoms with Crippen LogP contribution in [-0.4, -0.2) is 19.1 Å². The lowest BCUT2D eigenvalue weighted by Crippen LogP contribution is -2.20. The molecule has 0 saturated carbocycles. The minimum atomic E-state index is -0.202. The van der Waals surface area contributed by atoms with Crippen LogP contribution in [0.25, 0.3) is 0 Å². The lowest BCUT2D eigenvalue weighted by Gasteiger charge is -2.10. The van der Waals surface area contributed by atoms with Gasteiger partial charge in [-0.05, 0) is 42.7 Å². The Bertz CT molecular complexity index is 635. The van der Waals surface area contributed by atoms with Crippen molar-refractivity contribution in [1.29, 1.82) is 0 Å². The fraction of sp³-hybridized carbons (Fsp3) is 0.316. The molecular formula is C19H23NO3. The third kappa shape index (κ3) is 5.33. The molecule has 0 spiro atoms. The standard InChI is InChI=1S/C19H23NO3/c1-4-22-18-7-5-6-16(12-18)20-19(21)13-23-17-10-8-15(9-11-17)14(2)3/h5-12,14H,4,13H2,1-3H3,(H,20,21). The minimum Gasteiger partial charge on any atom is -0.494 e. The summed E-state index contributed by atoms with van der Waals surface area (Å²) in [6.07, 6.45) is 0. The molecule has 0 unspecified atom stereocenters. The average Bonchev–Trinajstić information content (AvgIpc) is 2.54. The van der Waals surface area contributed by atoms with Gasteiger partial charge in [0.25, 0.3) is 5.91 Å². The first kappa shape index (κ1) is 16.9. The topological polar surface area (TPSA) is 47.6 Å². The maximum atomic E-state index is 12.0. The van der Waals surface area contributed by atoms with Gasteiger partial charge in [0.05, 0.1) is 6.61 Å². The number of nitrogens with one attached hydrogen (secondary N) is 1. The van der Waals surface area contributed by atoms with Gasteiger partial charge in [-0.2, -0.15) is 0 Å². The zero-order valence-corrected chi connectivity index (χ0v) is 13.8. The van der Waals surface area contributed by atoms with E-state index in [9.17, 15) is 4.79 Å². The molecule has 4 nitrogen and oxygen atoms in total. The molecule has 122 valence electrons. The molecule has 0 fully saturated rings. The molecule has 2 rings (SSSR count). The number of hydrogen-bond donors (Lipinski definition) is 1. The predicted molar refractivity (Wildman–Crippen MR) is 92.3 cm³/mol. The summed E-state index contributed by atoms with van der Waals surface area (Å²) in [5.41, 5.74) is 1.94. The van der Waals surface area contributed by atoms with E-state index >= 15 is 0 Å². The fourth-order valence-electron chi connectivity index (χ4n) is 2.13. The number of anilines is 1. The maximum Gasteiger partial charge on any atom is 0.262 e. The summed E-state index contributed by atoms with van der Waals surface area (Å²) in [7, 11) is 0. The summed E-state index contributed by atoms with van der Waals surface area (Å²) >= 11 is 0. The molecule has 0 aliphatic heterocycles. The van der Waals surface area contributed by atoms with E-state index in [0.29, 0.717) is 24.0 Å². The van der Waals surface area contributed by atoms with Crippen LogP contribution in [0.15, 0.2) is 48.5 Å². The molecule has 23 heavy (non-hydrogen) atoms. The minimum absolute atomic E-state index is 0.0279. The van der Waals surface area contributed by atoms with Gasteiger partial charge >= 0.3 is 0 Å². The molecule has 1 amide bonds. The van der Waals surface area contributed by atoms with Crippen LogP contribution in [0.2, 0.25) is 0 Å². The van der Waals surface area contributed by atoms with E-state index in [4.69, 9.17) is 9.47 Å². The molecule has 0 heterocycles. The number of benzene rings is 2. The van der Waals surface area contributed by atoms with Crippen LogP contribution in [0.4, 0.5) is 5.69 Å². The van der Waals surface area contributed by atoms with Crippen LogP contribution in [0.3, 0.4) is 0 Å². The van der Waals surface area contributed by atoms with Crippen LogP contribution in [0.5, 0.6) is 11.5 Å². The number of amides is 1. The van der Waals surface area contributed by atoms with Gasteiger partial charge < -0.3 is 14.8 Å². The van der Waals surface area contributed by atoms with Crippen molar-refractivity contribution < 1.29 is 14.3 Å². The Morgan fingerprint density at radius 1 is 1.04 bits per heavy atom. The Hall–Kier alpha value is -2.49. The highest BCUT2D eigenvalue weighted by molar-refractivity contribution is 5.92. The van der Waals surface area contributed by atoms with Gasteiger partial charge in [-0.1, -0.05) is 32.0 Å². The van der Waals surface area contributed by atoms with Crippen molar-refractivity contribution in [3.8, 4) is 11.5 Å². The summed E-state index contributed by atoms with van der Waals surface area (Å²) in [6.45, 7) is 6.76. The van der Waals surface area contributed by atoms with Crippen LogP contribution < -0.4 is 14.8 Å². The molecule has 0 aliphatic rings. The molecule has 0 saturated heterocycles. The van der Waals surface area contributed by atoms with E-state index in [-0.39, 0.29) is 12.5 Å². The Labute approximate surface area is 137 Å². The van der Waals surface area contributed by atoms with Crippen molar-refractivity contribution in [2.75, 3.05) is 18.5 Å². The van der Waals surface area contributed by atoms with Gasteiger partial charge in [-0.3, -0.25) is 4.79 Å². The second-order valence-electron chi connectivity index (χ2n) is 5.52. The van der Waals surface area contributed by atoms with Gasteiger partial charge in [0.2, 0.25) is 0 Å². The van der Waals surface area contributed by atoms with Crippen molar-refractivity contribution >= 4 is 11.6 Å². The SMILES string of the molecule is CCOc1cccc(NC(=O)COc2ccc(C(C)C)cc2)c1. The van der Waals surface area contributed by atoms with Gasteiger partial charge in [-0.15, -0.1) is 0 Å². The van der Waals surface area contributed by atoms with Crippen molar-refractivity contribution in [3.05, 3.63) is 54.1 Å². The number of carbonyl (C=O) groups is 1. The van der Waals surface area contributed by atoms with E-state index in [0.717, 1.165) is 5.75 Å². The third-order valence-corrected chi connectivity index (χ3v) is 3.35. The van der Waals surface area contributed by atoms with Gasteiger partial charge in [0, 0.05) is 11.8 Å². The second-order valence-corrected chi connectivity index (χ2v) is 5.52. The first-order valence-corrected chi connectivity index (χ1v) is 7.84. The molecule has 1 N–H and O–H groups in total. The van der Waals surface area contributed by atoms with Crippen molar-refractivity contribution in [3.63, 3.8) is 0 Å². The zero-order chi connectivity index (χ0) is 16.7. The molecule has 0 aromatic heterocycles. The van der Waals surface area contributed by atoms with Crippen LogP contribution in [0.1, 0.15) is 32.3 Å².